The van der Waals surface area contributed by atoms with Crippen LogP contribution >= 0.6 is 11.3 Å². The van der Waals surface area contributed by atoms with Gasteiger partial charge in [0.25, 0.3) is 0 Å². The van der Waals surface area contributed by atoms with E-state index in [1.807, 2.05) is 58.0 Å². The Morgan fingerprint density at radius 1 is 1.12 bits per heavy atom. The topological polar surface area (TPSA) is 67.3 Å². The minimum Gasteiger partial charge on any atom is -0.336 e. The molecule has 0 saturated carbocycles. The molecule has 2 atom stereocenters. The SMILES string of the molecule is CCC(C)N(C(=O)CS(=O)(=O)c1nc(-c2ccccc2)cs1)C(C)CC. The fourth-order valence-electron chi connectivity index (χ4n) is 2.76. The number of hydrogen-bond donors (Lipinski definition) is 0. The molecule has 26 heavy (non-hydrogen) atoms. The van der Waals surface area contributed by atoms with Crippen LogP contribution in [0.5, 0.6) is 0 Å². The van der Waals surface area contributed by atoms with Crippen LogP contribution in [-0.2, 0) is 14.6 Å². The van der Waals surface area contributed by atoms with E-state index in [-0.39, 0.29) is 22.3 Å². The molecular weight excluding hydrogens is 368 g/mol. The van der Waals surface area contributed by atoms with Gasteiger partial charge in [0.2, 0.25) is 20.1 Å². The van der Waals surface area contributed by atoms with Crippen LogP contribution in [0, 0.1) is 0 Å². The van der Waals surface area contributed by atoms with Gasteiger partial charge in [-0.1, -0.05) is 44.2 Å². The number of sulfone groups is 1. The average molecular weight is 395 g/mol. The predicted molar refractivity (Wildman–Crippen MR) is 106 cm³/mol. The molecule has 0 fully saturated rings. The molecule has 0 aliphatic rings. The molecule has 0 radical (unpaired) electrons. The van der Waals surface area contributed by atoms with E-state index in [1.54, 1.807) is 10.3 Å². The summed E-state index contributed by atoms with van der Waals surface area (Å²) in [6, 6.07) is 9.41. The van der Waals surface area contributed by atoms with Crippen LogP contribution in [0.3, 0.4) is 0 Å². The van der Waals surface area contributed by atoms with E-state index in [2.05, 4.69) is 4.98 Å². The number of thiazole rings is 1. The first-order valence-electron chi connectivity index (χ1n) is 8.85. The van der Waals surface area contributed by atoms with Gasteiger partial charge in [-0.3, -0.25) is 4.79 Å². The first-order valence-corrected chi connectivity index (χ1v) is 11.4. The molecule has 2 rings (SSSR count). The lowest BCUT2D eigenvalue weighted by Gasteiger charge is -2.33. The highest BCUT2D eigenvalue weighted by atomic mass is 32.2. The number of amides is 1. The monoisotopic (exact) mass is 394 g/mol. The number of carbonyl (C=O) groups is 1. The van der Waals surface area contributed by atoms with E-state index in [1.165, 1.54) is 0 Å². The summed E-state index contributed by atoms with van der Waals surface area (Å²) >= 11 is 1.06. The molecule has 0 spiro atoms. The Kier molecular flexibility index (Phi) is 6.94. The van der Waals surface area contributed by atoms with Gasteiger partial charge in [0.1, 0.15) is 5.75 Å². The van der Waals surface area contributed by atoms with Gasteiger partial charge in [-0.2, -0.15) is 0 Å². The summed E-state index contributed by atoms with van der Waals surface area (Å²) in [6.07, 6.45) is 1.57. The van der Waals surface area contributed by atoms with Gasteiger partial charge in [0.15, 0.2) is 0 Å². The molecule has 1 heterocycles. The van der Waals surface area contributed by atoms with Crippen LogP contribution < -0.4 is 0 Å². The lowest BCUT2D eigenvalue weighted by Crippen LogP contribution is -2.46. The Morgan fingerprint density at radius 2 is 1.69 bits per heavy atom. The molecule has 0 saturated heterocycles. The molecule has 7 heteroatoms. The van der Waals surface area contributed by atoms with Crippen molar-refractivity contribution in [2.45, 2.75) is 57.0 Å². The molecule has 2 aromatic rings. The third-order valence-electron chi connectivity index (χ3n) is 4.55. The lowest BCUT2D eigenvalue weighted by molar-refractivity contribution is -0.132. The fourth-order valence-corrected chi connectivity index (χ4v) is 5.05. The van der Waals surface area contributed by atoms with Gasteiger partial charge < -0.3 is 4.90 Å². The van der Waals surface area contributed by atoms with Gasteiger partial charge >= 0.3 is 0 Å². The van der Waals surface area contributed by atoms with Crippen molar-refractivity contribution in [3.05, 3.63) is 35.7 Å². The summed E-state index contributed by atoms with van der Waals surface area (Å²) in [5.41, 5.74) is 1.47. The second kappa shape index (κ2) is 8.77. The van der Waals surface area contributed by atoms with Crippen LogP contribution in [0.25, 0.3) is 11.3 Å². The number of nitrogens with zero attached hydrogens (tertiary/aromatic N) is 2. The minimum atomic E-state index is -3.76. The molecule has 1 aromatic heterocycles. The van der Waals surface area contributed by atoms with Crippen molar-refractivity contribution >= 4 is 27.1 Å². The van der Waals surface area contributed by atoms with Crippen molar-refractivity contribution in [3.8, 4) is 11.3 Å². The predicted octanol–water partition coefficient (Wildman–Crippen LogP) is 4.01. The van der Waals surface area contributed by atoms with E-state index < -0.39 is 15.6 Å². The van der Waals surface area contributed by atoms with E-state index in [4.69, 9.17) is 0 Å². The Morgan fingerprint density at radius 3 is 2.23 bits per heavy atom. The van der Waals surface area contributed by atoms with Crippen LogP contribution in [0.2, 0.25) is 0 Å². The van der Waals surface area contributed by atoms with Crippen molar-refractivity contribution < 1.29 is 13.2 Å². The molecule has 0 aliphatic heterocycles. The van der Waals surface area contributed by atoms with Crippen LogP contribution in [0.4, 0.5) is 0 Å². The van der Waals surface area contributed by atoms with Crippen molar-refractivity contribution in [2.24, 2.45) is 0 Å². The lowest BCUT2D eigenvalue weighted by atomic mass is 10.1. The Hall–Kier alpha value is -1.73. The van der Waals surface area contributed by atoms with E-state index >= 15 is 0 Å². The zero-order valence-electron chi connectivity index (χ0n) is 15.7. The van der Waals surface area contributed by atoms with Crippen LogP contribution in [0.15, 0.2) is 40.1 Å². The molecule has 0 N–H and O–H groups in total. The Bertz CT molecular complexity index is 821. The number of rotatable bonds is 8. The van der Waals surface area contributed by atoms with E-state index in [0.29, 0.717) is 5.69 Å². The van der Waals surface area contributed by atoms with Crippen molar-refractivity contribution in [3.63, 3.8) is 0 Å². The molecular formula is C19H26N2O3S2. The zero-order chi connectivity index (χ0) is 19.3. The first-order chi connectivity index (χ1) is 12.3. The highest BCUT2D eigenvalue weighted by molar-refractivity contribution is 7.94. The van der Waals surface area contributed by atoms with Crippen molar-refractivity contribution in [1.29, 1.82) is 0 Å². The summed E-state index contributed by atoms with van der Waals surface area (Å²) in [4.78, 5) is 18.7. The van der Waals surface area contributed by atoms with Crippen molar-refractivity contribution in [1.82, 2.24) is 9.88 Å². The number of aromatic nitrogens is 1. The summed E-state index contributed by atoms with van der Waals surface area (Å²) in [5.74, 6) is -0.895. The van der Waals surface area contributed by atoms with Gasteiger partial charge in [0, 0.05) is 23.0 Å². The fraction of sp³-hybridized carbons (Fsp3) is 0.474. The van der Waals surface area contributed by atoms with Gasteiger partial charge in [0.05, 0.1) is 5.69 Å². The third kappa shape index (κ3) is 4.71. The van der Waals surface area contributed by atoms with Gasteiger partial charge in [-0.05, 0) is 26.7 Å². The molecule has 1 aromatic carbocycles. The molecule has 0 bridgehead atoms. The first kappa shape index (κ1) is 20.6. The maximum Gasteiger partial charge on any atom is 0.238 e. The van der Waals surface area contributed by atoms with Crippen molar-refractivity contribution in [2.75, 3.05) is 5.75 Å². The summed E-state index contributed by atoms with van der Waals surface area (Å²) in [7, 11) is -3.76. The van der Waals surface area contributed by atoms with Crippen LogP contribution in [0.1, 0.15) is 40.5 Å². The summed E-state index contributed by atoms with van der Waals surface area (Å²) < 4.78 is 25.4. The number of carbonyl (C=O) groups excluding carboxylic acids is 1. The largest absolute Gasteiger partial charge is 0.336 e. The molecule has 5 nitrogen and oxygen atoms in total. The van der Waals surface area contributed by atoms with E-state index in [0.717, 1.165) is 29.7 Å². The number of benzene rings is 1. The highest BCUT2D eigenvalue weighted by Gasteiger charge is 2.30. The Balaban J connectivity index is 2.22. The maximum atomic E-state index is 12.7. The standard InChI is InChI=1S/C19H26N2O3S2/c1-5-14(3)21(15(4)6-2)18(22)13-26(23,24)19-20-17(12-25-19)16-10-8-7-9-11-16/h7-12,14-15H,5-6,13H2,1-4H3. The van der Waals surface area contributed by atoms with E-state index in [9.17, 15) is 13.2 Å². The van der Waals surface area contributed by atoms with Gasteiger partial charge in [-0.15, -0.1) is 11.3 Å². The normalized spacial score (nSPS) is 14.0. The second-order valence-corrected chi connectivity index (χ2v) is 9.46. The molecule has 1 amide bonds. The summed E-state index contributed by atoms with van der Waals surface area (Å²) in [6.45, 7) is 7.89. The van der Waals surface area contributed by atoms with Crippen LogP contribution in [-0.4, -0.2) is 42.0 Å². The maximum absolute atomic E-state index is 12.7. The minimum absolute atomic E-state index is 0.00189. The average Bonchev–Trinajstić information content (AvgIpc) is 3.13. The second-order valence-electron chi connectivity index (χ2n) is 6.44. The Labute approximate surface area is 160 Å². The molecule has 0 aliphatic carbocycles. The molecule has 142 valence electrons. The highest BCUT2D eigenvalue weighted by Crippen LogP contribution is 2.25. The summed E-state index contributed by atoms with van der Waals surface area (Å²) in [5, 5.41) is 1.72. The smallest absolute Gasteiger partial charge is 0.238 e. The zero-order valence-corrected chi connectivity index (χ0v) is 17.3. The molecule has 2 unspecified atom stereocenters. The number of hydrogen-bond acceptors (Lipinski definition) is 5. The third-order valence-corrected chi connectivity index (χ3v) is 7.49. The quantitative estimate of drug-likeness (QED) is 0.678. The van der Waals surface area contributed by atoms with Gasteiger partial charge in [-0.25, -0.2) is 13.4 Å².